The van der Waals surface area contributed by atoms with Gasteiger partial charge in [0.2, 0.25) is 5.91 Å². The first kappa shape index (κ1) is 22.7. The summed E-state index contributed by atoms with van der Waals surface area (Å²) < 4.78 is 5.46. The predicted octanol–water partition coefficient (Wildman–Crippen LogP) is 3.01. The number of rotatable bonds is 8. The van der Waals surface area contributed by atoms with Gasteiger partial charge >= 0.3 is 0 Å². The van der Waals surface area contributed by atoms with Crippen molar-refractivity contribution in [2.45, 2.75) is 77.5 Å². The first-order valence-electron chi connectivity index (χ1n) is 11.1. The zero-order chi connectivity index (χ0) is 20.5. The molecule has 2 saturated heterocycles. The van der Waals surface area contributed by atoms with Crippen molar-refractivity contribution >= 4 is 22.8 Å². The van der Waals surface area contributed by atoms with Gasteiger partial charge in [-0.25, -0.2) is 0 Å². The molecule has 1 amide bonds. The number of carbonyl (C=O) groups is 1. The number of hydrogen-bond acceptors (Lipinski definition) is 7. The Kier molecular flexibility index (Phi) is 9.36. The highest BCUT2D eigenvalue weighted by molar-refractivity contribution is 8.14. The molecule has 166 valence electrons. The van der Waals surface area contributed by atoms with Crippen LogP contribution in [0.25, 0.3) is 0 Å². The lowest BCUT2D eigenvalue weighted by molar-refractivity contribution is -0.376. The van der Waals surface area contributed by atoms with Gasteiger partial charge in [0.05, 0.1) is 0 Å². The van der Waals surface area contributed by atoms with E-state index in [-0.39, 0.29) is 17.7 Å². The second-order valence-electron chi connectivity index (χ2n) is 8.18. The summed E-state index contributed by atoms with van der Waals surface area (Å²) in [5.74, 6) is 1.33. The van der Waals surface area contributed by atoms with Crippen LogP contribution < -0.4 is 10.9 Å². The van der Waals surface area contributed by atoms with Gasteiger partial charge in [-0.3, -0.25) is 4.79 Å². The van der Waals surface area contributed by atoms with Crippen LogP contribution in [0.5, 0.6) is 0 Å². The average molecular weight is 429 g/mol. The Morgan fingerprint density at radius 1 is 1.24 bits per heavy atom. The van der Waals surface area contributed by atoms with Crippen LogP contribution in [0.15, 0.2) is 5.10 Å². The molecule has 3 rings (SSSR count). The first-order chi connectivity index (χ1) is 14.2. The number of carbonyl (C=O) groups excluding carboxylic acids is 1. The third kappa shape index (κ3) is 6.73. The van der Waals surface area contributed by atoms with Crippen LogP contribution in [-0.2, 0) is 19.4 Å². The highest BCUT2D eigenvalue weighted by Crippen LogP contribution is 2.25. The molecule has 1 aliphatic carbocycles. The van der Waals surface area contributed by atoms with Gasteiger partial charge in [-0.1, -0.05) is 42.4 Å². The van der Waals surface area contributed by atoms with Gasteiger partial charge in [0.15, 0.2) is 11.4 Å². The first-order valence-corrected chi connectivity index (χ1v) is 12.1. The lowest BCUT2D eigenvalue weighted by Gasteiger charge is -2.30. The van der Waals surface area contributed by atoms with E-state index in [0.29, 0.717) is 19.3 Å². The predicted molar refractivity (Wildman–Crippen MR) is 114 cm³/mol. The minimum atomic E-state index is -0.500. The Bertz CT molecular complexity index is 537. The molecule has 29 heavy (non-hydrogen) atoms. The standard InChI is InChI=1S/C20H36N4O4S/c1-3-24-15(2)14-29-20(24)22-23-28-27-19(17-10-12-26-13-11-17)21-18(25)16-8-6-4-5-7-9-16/h15-17,19,23H,3-14H2,1-2H3,(H,21,25)/t15-,19-/m0/s1. The van der Waals surface area contributed by atoms with Crippen molar-refractivity contribution in [1.82, 2.24) is 15.8 Å². The molecule has 0 aromatic carbocycles. The minimum absolute atomic E-state index is 0.0751. The maximum atomic E-state index is 12.8. The van der Waals surface area contributed by atoms with E-state index in [9.17, 15) is 4.79 Å². The van der Waals surface area contributed by atoms with Gasteiger partial charge in [0.25, 0.3) is 0 Å². The molecule has 2 N–H and O–H groups in total. The molecule has 9 heteroatoms. The Labute approximate surface area is 178 Å². The number of hydrazone groups is 1. The Balaban J connectivity index is 1.52. The van der Waals surface area contributed by atoms with Gasteiger partial charge < -0.3 is 15.0 Å². The topological polar surface area (TPSA) is 84.4 Å². The van der Waals surface area contributed by atoms with Crippen molar-refractivity contribution in [3.63, 3.8) is 0 Å². The molecule has 0 aromatic rings. The number of nitrogens with one attached hydrogen (secondary N) is 2. The maximum Gasteiger partial charge on any atom is 0.225 e. The molecular formula is C20H36N4O4S. The molecule has 2 aliphatic heterocycles. The van der Waals surface area contributed by atoms with Gasteiger partial charge in [-0.05, 0) is 39.5 Å². The van der Waals surface area contributed by atoms with E-state index in [2.05, 4.69) is 34.8 Å². The van der Waals surface area contributed by atoms with Crippen LogP contribution in [0.1, 0.15) is 65.2 Å². The van der Waals surface area contributed by atoms with E-state index < -0.39 is 6.23 Å². The molecule has 3 fully saturated rings. The van der Waals surface area contributed by atoms with E-state index >= 15 is 0 Å². The normalized spacial score (nSPS) is 27.0. The molecule has 0 aromatic heterocycles. The van der Waals surface area contributed by atoms with Crippen LogP contribution in [-0.4, -0.2) is 53.8 Å². The fourth-order valence-electron chi connectivity index (χ4n) is 4.27. The van der Waals surface area contributed by atoms with Gasteiger partial charge in [0, 0.05) is 43.4 Å². The van der Waals surface area contributed by atoms with Crippen molar-refractivity contribution < 1.29 is 19.4 Å². The molecule has 8 nitrogen and oxygen atoms in total. The number of amides is 1. The number of thioether (sulfide) groups is 1. The van der Waals surface area contributed by atoms with E-state index in [1.54, 1.807) is 11.8 Å². The molecule has 1 saturated carbocycles. The smallest absolute Gasteiger partial charge is 0.225 e. The third-order valence-corrected chi connectivity index (χ3v) is 7.34. The highest BCUT2D eigenvalue weighted by Gasteiger charge is 2.30. The molecule has 3 aliphatic rings. The zero-order valence-corrected chi connectivity index (χ0v) is 18.5. The van der Waals surface area contributed by atoms with Crippen molar-refractivity contribution in [2.24, 2.45) is 16.9 Å². The van der Waals surface area contributed by atoms with Gasteiger partial charge in [0.1, 0.15) is 0 Å². The summed E-state index contributed by atoms with van der Waals surface area (Å²) in [4.78, 5) is 25.9. The summed E-state index contributed by atoms with van der Waals surface area (Å²) in [5.41, 5.74) is 2.57. The lowest BCUT2D eigenvalue weighted by Crippen LogP contribution is -2.47. The Morgan fingerprint density at radius 3 is 2.66 bits per heavy atom. The van der Waals surface area contributed by atoms with Crippen molar-refractivity contribution in [3.05, 3.63) is 0 Å². The van der Waals surface area contributed by atoms with E-state index in [1.165, 1.54) is 12.8 Å². The van der Waals surface area contributed by atoms with Crippen LogP contribution in [0.2, 0.25) is 0 Å². The molecule has 0 unspecified atom stereocenters. The number of ether oxygens (including phenoxy) is 1. The Hall–Kier alpha value is -1.03. The average Bonchev–Trinajstić information content (AvgIpc) is 2.93. The molecule has 2 heterocycles. The van der Waals surface area contributed by atoms with Gasteiger partial charge in [-0.15, -0.1) is 5.10 Å². The fourth-order valence-corrected chi connectivity index (χ4v) is 5.42. The second kappa shape index (κ2) is 12.0. The number of amidine groups is 1. The zero-order valence-electron chi connectivity index (χ0n) is 17.7. The van der Waals surface area contributed by atoms with Gasteiger partial charge in [-0.2, -0.15) is 10.5 Å². The molecule has 0 radical (unpaired) electrons. The van der Waals surface area contributed by atoms with E-state index in [4.69, 9.17) is 14.6 Å². The molecule has 0 bridgehead atoms. The monoisotopic (exact) mass is 428 g/mol. The number of nitrogens with zero attached hydrogens (tertiary/aromatic N) is 2. The van der Waals surface area contributed by atoms with E-state index in [0.717, 1.165) is 56.0 Å². The summed E-state index contributed by atoms with van der Waals surface area (Å²) in [6, 6.07) is 0.459. The summed E-state index contributed by atoms with van der Waals surface area (Å²) in [6.07, 6.45) is 7.79. The summed E-state index contributed by atoms with van der Waals surface area (Å²) >= 11 is 1.69. The lowest BCUT2D eigenvalue weighted by atomic mass is 9.96. The van der Waals surface area contributed by atoms with Crippen LogP contribution in [0.3, 0.4) is 0 Å². The summed E-state index contributed by atoms with van der Waals surface area (Å²) in [6.45, 7) is 6.55. The van der Waals surface area contributed by atoms with Crippen LogP contribution in [0, 0.1) is 11.8 Å². The summed E-state index contributed by atoms with van der Waals surface area (Å²) in [5, 5.41) is 8.29. The van der Waals surface area contributed by atoms with Crippen molar-refractivity contribution in [3.8, 4) is 0 Å². The van der Waals surface area contributed by atoms with Crippen LogP contribution >= 0.6 is 11.8 Å². The minimum Gasteiger partial charge on any atom is -0.381 e. The highest BCUT2D eigenvalue weighted by atomic mass is 32.2. The third-order valence-electron chi connectivity index (χ3n) is 6.11. The fraction of sp³-hybridized carbons (Fsp3) is 0.900. The van der Waals surface area contributed by atoms with Crippen molar-refractivity contribution in [1.29, 1.82) is 0 Å². The summed E-state index contributed by atoms with van der Waals surface area (Å²) in [7, 11) is 0. The van der Waals surface area contributed by atoms with E-state index in [1.807, 2.05) is 0 Å². The number of hydrogen-bond donors (Lipinski definition) is 2. The largest absolute Gasteiger partial charge is 0.381 e. The molecule has 2 atom stereocenters. The second-order valence-corrected chi connectivity index (χ2v) is 9.17. The molecule has 0 spiro atoms. The Morgan fingerprint density at radius 2 is 1.97 bits per heavy atom. The van der Waals surface area contributed by atoms with Crippen LogP contribution in [0.4, 0.5) is 0 Å². The quantitative estimate of drug-likeness (QED) is 0.202. The molecular weight excluding hydrogens is 392 g/mol. The maximum absolute atomic E-state index is 12.8. The van der Waals surface area contributed by atoms with Crippen molar-refractivity contribution in [2.75, 3.05) is 25.5 Å². The SMILES string of the molecule is CCN1C(=NNOO[C@H](NC(=O)C2CCCCCC2)C2CCOCC2)SC[C@@H]1C.